The maximum atomic E-state index is 10.9. The van der Waals surface area contributed by atoms with Crippen molar-refractivity contribution in [2.24, 2.45) is 0 Å². The molecule has 80 valence electrons. The van der Waals surface area contributed by atoms with E-state index in [1.165, 1.54) is 0 Å². The van der Waals surface area contributed by atoms with Crippen molar-refractivity contribution >= 4 is 23.0 Å². The quantitative estimate of drug-likeness (QED) is 0.401. The lowest BCUT2D eigenvalue weighted by Crippen LogP contribution is -2.09. The monoisotopic (exact) mass is 218 g/mol. The SMILES string of the molecule is C=C(C)C(=O)OCCSC(=O)OCC. The van der Waals surface area contributed by atoms with E-state index >= 15 is 0 Å². The molecule has 0 saturated heterocycles. The normalized spacial score (nSPS) is 9.29. The highest BCUT2D eigenvalue weighted by molar-refractivity contribution is 8.13. The van der Waals surface area contributed by atoms with Gasteiger partial charge in [-0.3, -0.25) is 0 Å². The van der Waals surface area contributed by atoms with Crippen molar-refractivity contribution in [2.75, 3.05) is 19.0 Å². The first kappa shape index (κ1) is 13.0. The van der Waals surface area contributed by atoms with Crippen LogP contribution < -0.4 is 0 Å². The summed E-state index contributed by atoms with van der Waals surface area (Å²) in [6.07, 6.45) is 0. The molecule has 0 rings (SSSR count). The fourth-order valence-corrected chi connectivity index (χ4v) is 1.08. The van der Waals surface area contributed by atoms with Gasteiger partial charge in [-0.15, -0.1) is 0 Å². The fraction of sp³-hybridized carbons (Fsp3) is 0.556. The molecule has 0 fully saturated rings. The van der Waals surface area contributed by atoms with Crippen LogP contribution in [0.5, 0.6) is 0 Å². The van der Waals surface area contributed by atoms with Crippen LogP contribution in [0.25, 0.3) is 0 Å². The van der Waals surface area contributed by atoms with Crippen LogP contribution in [0.2, 0.25) is 0 Å². The minimum Gasteiger partial charge on any atom is -0.461 e. The van der Waals surface area contributed by atoms with E-state index in [1.54, 1.807) is 13.8 Å². The first-order chi connectivity index (χ1) is 6.57. The number of hydrogen-bond donors (Lipinski definition) is 0. The van der Waals surface area contributed by atoms with Crippen LogP contribution in [0, 0.1) is 0 Å². The average molecular weight is 218 g/mol. The molecule has 0 saturated carbocycles. The van der Waals surface area contributed by atoms with E-state index in [4.69, 9.17) is 4.74 Å². The largest absolute Gasteiger partial charge is 0.461 e. The molecule has 0 aromatic rings. The Kier molecular flexibility index (Phi) is 6.92. The van der Waals surface area contributed by atoms with E-state index < -0.39 is 5.97 Å². The van der Waals surface area contributed by atoms with Gasteiger partial charge in [0.15, 0.2) is 0 Å². The van der Waals surface area contributed by atoms with Gasteiger partial charge in [-0.25, -0.2) is 9.59 Å². The number of carbonyl (C=O) groups excluding carboxylic acids is 2. The zero-order chi connectivity index (χ0) is 11.0. The lowest BCUT2D eigenvalue weighted by molar-refractivity contribution is -0.138. The molecular formula is C9H14O4S. The third-order valence-electron chi connectivity index (χ3n) is 1.15. The molecule has 0 unspecified atom stereocenters. The number of ether oxygens (including phenoxy) is 2. The second-order valence-electron chi connectivity index (χ2n) is 2.45. The van der Waals surface area contributed by atoms with Crippen molar-refractivity contribution in [3.63, 3.8) is 0 Å². The van der Waals surface area contributed by atoms with Crippen LogP contribution in [0.3, 0.4) is 0 Å². The van der Waals surface area contributed by atoms with Crippen molar-refractivity contribution in [3.8, 4) is 0 Å². The Morgan fingerprint density at radius 1 is 1.36 bits per heavy atom. The molecule has 5 heteroatoms. The van der Waals surface area contributed by atoms with E-state index in [-0.39, 0.29) is 11.9 Å². The maximum Gasteiger partial charge on any atom is 0.367 e. The molecule has 0 aliphatic heterocycles. The topological polar surface area (TPSA) is 52.6 Å². The molecule has 4 nitrogen and oxygen atoms in total. The van der Waals surface area contributed by atoms with E-state index in [9.17, 15) is 9.59 Å². The Hall–Kier alpha value is -0.970. The third-order valence-corrected chi connectivity index (χ3v) is 1.87. The first-order valence-corrected chi connectivity index (χ1v) is 5.18. The van der Waals surface area contributed by atoms with Gasteiger partial charge in [0, 0.05) is 11.3 Å². The van der Waals surface area contributed by atoms with Crippen LogP contribution in [-0.2, 0) is 14.3 Å². The zero-order valence-corrected chi connectivity index (χ0v) is 9.19. The van der Waals surface area contributed by atoms with Gasteiger partial charge < -0.3 is 9.47 Å². The molecular weight excluding hydrogens is 204 g/mol. The highest BCUT2D eigenvalue weighted by Crippen LogP contribution is 2.05. The molecule has 0 spiro atoms. The van der Waals surface area contributed by atoms with Crippen molar-refractivity contribution in [1.82, 2.24) is 0 Å². The lowest BCUT2D eigenvalue weighted by Gasteiger charge is -2.03. The summed E-state index contributed by atoms with van der Waals surface area (Å²) >= 11 is 0.987. The van der Waals surface area contributed by atoms with Gasteiger partial charge in [-0.05, 0) is 25.6 Å². The van der Waals surface area contributed by atoms with Gasteiger partial charge in [-0.2, -0.15) is 0 Å². The first-order valence-electron chi connectivity index (χ1n) is 4.20. The van der Waals surface area contributed by atoms with Gasteiger partial charge in [0.05, 0.1) is 6.61 Å². The standard InChI is InChI=1S/C9H14O4S/c1-4-12-9(11)14-6-5-13-8(10)7(2)3/h2,4-6H2,1,3H3. The fourth-order valence-electron chi connectivity index (χ4n) is 0.542. The summed E-state index contributed by atoms with van der Waals surface area (Å²) in [6, 6.07) is 0. The molecule has 0 bridgehead atoms. The van der Waals surface area contributed by atoms with Crippen molar-refractivity contribution < 1.29 is 19.1 Å². The van der Waals surface area contributed by atoms with Crippen LogP contribution >= 0.6 is 11.8 Å². The Bertz CT molecular complexity index is 225. The van der Waals surface area contributed by atoms with Crippen LogP contribution in [-0.4, -0.2) is 30.2 Å². The van der Waals surface area contributed by atoms with E-state index in [1.807, 2.05) is 0 Å². The Balaban J connectivity index is 3.42. The van der Waals surface area contributed by atoms with Crippen LogP contribution in [0.1, 0.15) is 13.8 Å². The molecule has 0 aliphatic carbocycles. The van der Waals surface area contributed by atoms with Gasteiger partial charge in [-0.1, -0.05) is 6.58 Å². The van der Waals surface area contributed by atoms with E-state index in [0.29, 0.717) is 17.9 Å². The van der Waals surface area contributed by atoms with E-state index in [0.717, 1.165) is 11.8 Å². The Morgan fingerprint density at radius 3 is 2.50 bits per heavy atom. The van der Waals surface area contributed by atoms with Crippen LogP contribution in [0.15, 0.2) is 12.2 Å². The molecule has 0 N–H and O–H groups in total. The average Bonchev–Trinajstić information content (AvgIpc) is 2.12. The van der Waals surface area contributed by atoms with Gasteiger partial charge in [0.25, 0.3) is 0 Å². The third kappa shape index (κ3) is 6.54. The van der Waals surface area contributed by atoms with Crippen molar-refractivity contribution in [2.45, 2.75) is 13.8 Å². The minimum atomic E-state index is -0.436. The Morgan fingerprint density at radius 2 is 2.00 bits per heavy atom. The number of rotatable bonds is 5. The number of carbonyl (C=O) groups is 2. The number of esters is 1. The molecule has 0 heterocycles. The number of thioether (sulfide) groups is 1. The molecule has 14 heavy (non-hydrogen) atoms. The summed E-state index contributed by atoms with van der Waals surface area (Å²) in [5.74, 6) is -0.0350. The Labute approximate surface area is 87.6 Å². The molecule has 0 aromatic heterocycles. The van der Waals surface area contributed by atoms with Crippen molar-refractivity contribution in [1.29, 1.82) is 0 Å². The smallest absolute Gasteiger partial charge is 0.367 e. The highest BCUT2D eigenvalue weighted by atomic mass is 32.2. The number of hydrogen-bond acceptors (Lipinski definition) is 5. The van der Waals surface area contributed by atoms with Gasteiger partial charge in [0.1, 0.15) is 6.61 Å². The molecule has 0 atom stereocenters. The van der Waals surface area contributed by atoms with Gasteiger partial charge >= 0.3 is 11.3 Å². The molecule has 0 aromatic carbocycles. The van der Waals surface area contributed by atoms with E-state index in [2.05, 4.69) is 11.3 Å². The summed E-state index contributed by atoms with van der Waals surface area (Å²) in [4.78, 5) is 21.7. The predicted octanol–water partition coefficient (Wildman–Crippen LogP) is 2.00. The summed E-state index contributed by atoms with van der Waals surface area (Å²) < 4.78 is 9.43. The lowest BCUT2D eigenvalue weighted by atomic mass is 10.4. The molecule has 0 amide bonds. The summed E-state index contributed by atoms with van der Waals surface area (Å²) in [7, 11) is 0. The molecule has 0 radical (unpaired) electrons. The summed E-state index contributed by atoms with van der Waals surface area (Å²) in [5, 5.41) is -0.348. The predicted molar refractivity (Wildman–Crippen MR) is 55.3 cm³/mol. The second-order valence-corrected chi connectivity index (χ2v) is 3.48. The van der Waals surface area contributed by atoms with Gasteiger partial charge in [0.2, 0.25) is 0 Å². The summed E-state index contributed by atoms with van der Waals surface area (Å²) in [6.45, 7) is 7.28. The summed E-state index contributed by atoms with van der Waals surface area (Å²) in [5.41, 5.74) is 0.353. The minimum absolute atomic E-state index is 0.190. The molecule has 0 aliphatic rings. The highest BCUT2D eigenvalue weighted by Gasteiger charge is 2.05. The van der Waals surface area contributed by atoms with Crippen molar-refractivity contribution in [3.05, 3.63) is 12.2 Å². The maximum absolute atomic E-state index is 10.9. The van der Waals surface area contributed by atoms with Crippen LogP contribution in [0.4, 0.5) is 4.79 Å². The second kappa shape index (κ2) is 7.44. The zero-order valence-electron chi connectivity index (χ0n) is 8.37.